The quantitative estimate of drug-likeness (QED) is 0.237. The van der Waals surface area contributed by atoms with Gasteiger partial charge in [-0.15, -0.1) is 0 Å². The average Bonchev–Trinajstić information content (AvgIpc) is 2.96. The van der Waals surface area contributed by atoms with Gasteiger partial charge in [-0.1, -0.05) is 60.7 Å². The van der Waals surface area contributed by atoms with E-state index in [1.807, 2.05) is 66.7 Å². The van der Waals surface area contributed by atoms with E-state index >= 15 is 0 Å². The molecule has 188 valence electrons. The number of rotatable bonds is 7. The second-order valence-corrected chi connectivity index (χ2v) is 9.21. The summed E-state index contributed by atoms with van der Waals surface area (Å²) >= 11 is 0. The number of nitrogens with zero attached hydrogens (tertiary/aromatic N) is 1. The molecule has 0 spiro atoms. The minimum Gasteiger partial charge on any atom is -0.452 e. The third kappa shape index (κ3) is 5.32. The molecule has 4 aromatic rings. The highest BCUT2D eigenvalue weighted by atomic mass is 16.5. The average molecular weight is 495 g/mol. The highest BCUT2D eigenvalue weighted by Crippen LogP contribution is 2.35. The van der Waals surface area contributed by atoms with Crippen molar-refractivity contribution in [2.45, 2.75) is 19.3 Å². The third-order valence-corrected chi connectivity index (χ3v) is 6.88. The summed E-state index contributed by atoms with van der Waals surface area (Å²) < 4.78 is 4.67. The van der Waals surface area contributed by atoms with Crippen LogP contribution in [0.15, 0.2) is 78.9 Å². The van der Waals surface area contributed by atoms with E-state index in [0.717, 1.165) is 60.1 Å². The number of para-hydroxylation sites is 2. The maximum atomic E-state index is 14.4. The summed E-state index contributed by atoms with van der Waals surface area (Å²) in [6, 6.07) is 25.1. The number of hydrogen-bond acceptors (Lipinski definition) is 6. The summed E-state index contributed by atoms with van der Waals surface area (Å²) in [5.41, 5.74) is 10.5. The fraction of sp³-hybridized carbons (Fsp3) is 0.233. The van der Waals surface area contributed by atoms with Gasteiger partial charge in [0, 0.05) is 22.1 Å². The first kappa shape index (κ1) is 24.5. The zero-order valence-corrected chi connectivity index (χ0v) is 20.8. The van der Waals surface area contributed by atoms with Crippen molar-refractivity contribution in [2.75, 3.05) is 25.6 Å². The second kappa shape index (κ2) is 11.2. The lowest BCUT2D eigenvalue weighted by Crippen LogP contribution is -2.30. The van der Waals surface area contributed by atoms with Gasteiger partial charge in [0.25, 0.3) is 0 Å². The summed E-state index contributed by atoms with van der Waals surface area (Å²) in [6.45, 7) is 1.95. The third-order valence-electron chi connectivity index (χ3n) is 6.88. The van der Waals surface area contributed by atoms with Gasteiger partial charge in [-0.25, -0.2) is 15.2 Å². The van der Waals surface area contributed by atoms with Crippen LogP contribution in [0.1, 0.15) is 34.3 Å². The molecule has 1 aromatic heterocycles. The number of fused-ring (bicyclic) bond motifs is 1. The van der Waals surface area contributed by atoms with Gasteiger partial charge < -0.3 is 10.1 Å². The number of aromatic nitrogens is 1. The van der Waals surface area contributed by atoms with Crippen LogP contribution >= 0.6 is 0 Å². The number of anilines is 1. The molecule has 0 saturated carbocycles. The van der Waals surface area contributed by atoms with E-state index in [4.69, 9.17) is 4.98 Å². The van der Waals surface area contributed by atoms with E-state index in [2.05, 4.69) is 20.9 Å². The van der Waals surface area contributed by atoms with Crippen molar-refractivity contribution in [1.82, 2.24) is 15.7 Å². The number of pyridine rings is 1. The largest absolute Gasteiger partial charge is 0.452 e. The number of hydrazine groups is 1. The smallest absolute Gasteiger partial charge is 0.425 e. The Bertz CT molecular complexity index is 1420. The molecule has 7 heteroatoms. The molecule has 0 atom stereocenters. The van der Waals surface area contributed by atoms with Crippen LogP contribution in [0.4, 0.5) is 10.5 Å². The van der Waals surface area contributed by atoms with Crippen molar-refractivity contribution in [2.24, 2.45) is 5.92 Å². The summed E-state index contributed by atoms with van der Waals surface area (Å²) in [7, 11) is 1.29. The predicted octanol–water partition coefficient (Wildman–Crippen LogP) is 5.36. The molecule has 2 heterocycles. The van der Waals surface area contributed by atoms with Gasteiger partial charge in [0.15, 0.2) is 5.78 Å². The number of benzene rings is 3. The fourth-order valence-electron chi connectivity index (χ4n) is 5.01. The molecule has 1 saturated heterocycles. The number of ether oxygens (including phenoxy) is 1. The van der Waals surface area contributed by atoms with Crippen LogP contribution in [-0.2, 0) is 11.2 Å². The molecule has 37 heavy (non-hydrogen) atoms. The maximum absolute atomic E-state index is 14.4. The molecule has 1 aliphatic rings. The standard InChI is InChI=1S/C30H30N4O3/c1-37-30(36)34-33-26-14-8-6-12-23(26)29(35)27-22-11-5-7-13-25(22)32-28(21-9-3-2-4-10-21)24(27)19-20-15-17-31-18-16-20/h2-14,20,31,33H,15-19H2,1H3,(H,34,36). The lowest BCUT2D eigenvalue weighted by Gasteiger charge is -2.25. The van der Waals surface area contributed by atoms with E-state index in [9.17, 15) is 9.59 Å². The molecule has 3 N–H and O–H groups in total. The fourth-order valence-corrected chi connectivity index (χ4v) is 5.01. The van der Waals surface area contributed by atoms with Crippen molar-refractivity contribution in [3.63, 3.8) is 0 Å². The van der Waals surface area contributed by atoms with Gasteiger partial charge in [0.05, 0.1) is 24.0 Å². The highest BCUT2D eigenvalue weighted by Gasteiger charge is 2.26. The van der Waals surface area contributed by atoms with Crippen LogP contribution < -0.4 is 16.2 Å². The van der Waals surface area contributed by atoms with Crippen LogP contribution in [0.5, 0.6) is 0 Å². The normalized spacial score (nSPS) is 13.8. The summed E-state index contributed by atoms with van der Waals surface area (Å²) in [5.74, 6) is 0.335. The van der Waals surface area contributed by atoms with Crippen LogP contribution in [0.25, 0.3) is 22.2 Å². The Morgan fingerprint density at radius 3 is 2.43 bits per heavy atom. The van der Waals surface area contributed by atoms with Crippen molar-refractivity contribution >= 4 is 28.5 Å². The topological polar surface area (TPSA) is 92.4 Å². The van der Waals surface area contributed by atoms with Gasteiger partial charge in [0.1, 0.15) is 0 Å². The molecule has 5 rings (SSSR count). The number of ketones is 1. The number of nitrogens with one attached hydrogen (secondary N) is 3. The summed E-state index contributed by atoms with van der Waals surface area (Å²) in [6.07, 6.45) is 2.22. The molecular formula is C30H30N4O3. The van der Waals surface area contributed by atoms with E-state index in [0.29, 0.717) is 22.7 Å². The maximum Gasteiger partial charge on any atom is 0.425 e. The highest BCUT2D eigenvalue weighted by molar-refractivity contribution is 6.20. The minimum atomic E-state index is -0.644. The number of methoxy groups -OCH3 is 1. The Kier molecular flexibility index (Phi) is 7.42. The van der Waals surface area contributed by atoms with E-state index in [1.165, 1.54) is 7.11 Å². The number of hydrogen-bond donors (Lipinski definition) is 3. The van der Waals surface area contributed by atoms with Gasteiger partial charge in [-0.05, 0) is 62.0 Å². The minimum absolute atomic E-state index is 0.116. The molecule has 0 bridgehead atoms. The zero-order chi connectivity index (χ0) is 25.6. The van der Waals surface area contributed by atoms with Crippen LogP contribution in [0.2, 0.25) is 0 Å². The SMILES string of the molecule is COC(=O)NNc1ccccc1C(=O)c1c(CC2CCNCC2)c(-c2ccccc2)nc2ccccc12. The van der Waals surface area contributed by atoms with Crippen molar-refractivity contribution in [1.29, 1.82) is 0 Å². The van der Waals surface area contributed by atoms with Crippen LogP contribution in [-0.4, -0.2) is 37.1 Å². The first-order chi connectivity index (χ1) is 18.2. The van der Waals surface area contributed by atoms with E-state index < -0.39 is 6.09 Å². The van der Waals surface area contributed by atoms with Gasteiger partial charge in [-0.3, -0.25) is 10.2 Å². The Labute approximate surface area is 216 Å². The zero-order valence-electron chi connectivity index (χ0n) is 20.8. The molecule has 0 unspecified atom stereocenters. The lowest BCUT2D eigenvalue weighted by atomic mass is 9.83. The van der Waals surface area contributed by atoms with Crippen molar-refractivity contribution in [3.8, 4) is 11.3 Å². The van der Waals surface area contributed by atoms with Crippen molar-refractivity contribution < 1.29 is 14.3 Å². The molecule has 0 aliphatic carbocycles. The first-order valence-corrected chi connectivity index (χ1v) is 12.6. The lowest BCUT2D eigenvalue weighted by molar-refractivity contribution is 0.103. The van der Waals surface area contributed by atoms with E-state index in [-0.39, 0.29) is 5.78 Å². The van der Waals surface area contributed by atoms with Gasteiger partial charge >= 0.3 is 6.09 Å². The molecule has 0 radical (unpaired) electrons. The Morgan fingerprint density at radius 1 is 0.946 bits per heavy atom. The van der Waals surface area contributed by atoms with Crippen LogP contribution in [0.3, 0.4) is 0 Å². The van der Waals surface area contributed by atoms with E-state index in [1.54, 1.807) is 12.1 Å². The number of piperidine rings is 1. The molecule has 1 fully saturated rings. The summed E-state index contributed by atoms with van der Waals surface area (Å²) in [5, 5.41) is 4.27. The van der Waals surface area contributed by atoms with Gasteiger partial charge in [0.2, 0.25) is 0 Å². The Hall–Kier alpha value is -4.23. The first-order valence-electron chi connectivity index (χ1n) is 12.6. The molecular weight excluding hydrogens is 464 g/mol. The second-order valence-electron chi connectivity index (χ2n) is 9.21. The number of carbonyl (C=O) groups excluding carboxylic acids is 2. The monoisotopic (exact) mass is 494 g/mol. The predicted molar refractivity (Wildman–Crippen MR) is 146 cm³/mol. The molecule has 1 aliphatic heterocycles. The molecule has 3 aromatic carbocycles. The van der Waals surface area contributed by atoms with Crippen LogP contribution in [0, 0.1) is 5.92 Å². The van der Waals surface area contributed by atoms with Gasteiger partial charge in [-0.2, -0.15) is 0 Å². The summed E-state index contributed by atoms with van der Waals surface area (Å²) in [4.78, 5) is 31.2. The Morgan fingerprint density at radius 2 is 1.65 bits per heavy atom. The van der Waals surface area contributed by atoms with Crippen molar-refractivity contribution in [3.05, 3.63) is 95.6 Å². The molecule has 1 amide bonds. The number of amides is 1. The Balaban J connectivity index is 1.70. The number of carbonyl (C=O) groups is 2. The molecule has 7 nitrogen and oxygen atoms in total.